The maximum atomic E-state index is 11.7. The number of rotatable bonds is 5. The topological polar surface area (TPSA) is 55.1 Å². The lowest BCUT2D eigenvalue weighted by Gasteiger charge is -2.11. The molecule has 0 heterocycles. The quantitative estimate of drug-likeness (QED) is 0.865. The molecule has 0 saturated heterocycles. The third-order valence-corrected chi connectivity index (χ3v) is 3.35. The zero-order valence-electron chi connectivity index (χ0n) is 9.97. The lowest BCUT2D eigenvalue weighted by atomic mass is 10.1. The predicted octanol–water partition coefficient (Wildman–Crippen LogP) is 3.96. The second-order valence-electron chi connectivity index (χ2n) is 4.17. The molecule has 0 aliphatic carbocycles. The molecule has 0 aliphatic heterocycles. The molecule has 0 radical (unpaired) electrons. The van der Waals surface area contributed by atoms with E-state index in [0.29, 0.717) is 39.6 Å². The van der Waals surface area contributed by atoms with Gasteiger partial charge in [0.05, 0.1) is 15.7 Å². The summed E-state index contributed by atoms with van der Waals surface area (Å²) in [6, 6.07) is 3.07. The second-order valence-corrected chi connectivity index (χ2v) is 5.42. The first kappa shape index (κ1) is 15.6. The SMILES string of the molecule is CC(CN)CCC(=O)Nc1c(Cl)cc(Cl)cc1Cl. The highest BCUT2D eigenvalue weighted by atomic mass is 35.5. The molecule has 100 valence electrons. The fourth-order valence-electron chi connectivity index (χ4n) is 1.36. The second kappa shape index (κ2) is 7.19. The van der Waals surface area contributed by atoms with Crippen LogP contribution >= 0.6 is 34.8 Å². The fraction of sp³-hybridized carbons (Fsp3) is 0.417. The van der Waals surface area contributed by atoms with E-state index >= 15 is 0 Å². The van der Waals surface area contributed by atoms with Crippen LogP contribution in [0.2, 0.25) is 15.1 Å². The zero-order chi connectivity index (χ0) is 13.7. The largest absolute Gasteiger partial charge is 0.330 e. The van der Waals surface area contributed by atoms with E-state index in [-0.39, 0.29) is 5.91 Å². The van der Waals surface area contributed by atoms with Crippen molar-refractivity contribution >= 4 is 46.4 Å². The van der Waals surface area contributed by atoms with Crippen molar-refractivity contribution in [3.05, 3.63) is 27.2 Å². The molecule has 1 aromatic rings. The predicted molar refractivity (Wildman–Crippen MR) is 77.6 cm³/mol. The molecule has 1 atom stereocenters. The highest BCUT2D eigenvalue weighted by Gasteiger charge is 2.12. The van der Waals surface area contributed by atoms with Crippen molar-refractivity contribution in [2.75, 3.05) is 11.9 Å². The van der Waals surface area contributed by atoms with Gasteiger partial charge in [-0.1, -0.05) is 41.7 Å². The molecule has 3 nitrogen and oxygen atoms in total. The number of hydrogen-bond donors (Lipinski definition) is 2. The van der Waals surface area contributed by atoms with E-state index in [1.165, 1.54) is 12.1 Å². The Bertz CT molecular complexity index is 414. The maximum absolute atomic E-state index is 11.7. The number of hydrogen-bond acceptors (Lipinski definition) is 2. The molecule has 1 unspecified atom stereocenters. The zero-order valence-corrected chi connectivity index (χ0v) is 12.2. The summed E-state index contributed by atoms with van der Waals surface area (Å²) >= 11 is 17.7. The van der Waals surface area contributed by atoms with E-state index in [1.807, 2.05) is 6.92 Å². The third-order valence-electron chi connectivity index (χ3n) is 2.54. The van der Waals surface area contributed by atoms with Gasteiger partial charge in [0, 0.05) is 11.4 Å². The van der Waals surface area contributed by atoms with Crippen molar-refractivity contribution in [2.24, 2.45) is 11.7 Å². The van der Waals surface area contributed by atoms with E-state index < -0.39 is 0 Å². The Labute approximate surface area is 122 Å². The molecular weight excluding hydrogens is 295 g/mol. The highest BCUT2D eigenvalue weighted by molar-refractivity contribution is 6.42. The highest BCUT2D eigenvalue weighted by Crippen LogP contribution is 2.33. The molecule has 0 aliphatic rings. The van der Waals surface area contributed by atoms with Crippen molar-refractivity contribution < 1.29 is 4.79 Å². The van der Waals surface area contributed by atoms with E-state index in [9.17, 15) is 4.79 Å². The van der Waals surface area contributed by atoms with Crippen molar-refractivity contribution in [3.8, 4) is 0 Å². The van der Waals surface area contributed by atoms with Crippen LogP contribution in [0, 0.1) is 5.92 Å². The minimum Gasteiger partial charge on any atom is -0.330 e. The van der Waals surface area contributed by atoms with Gasteiger partial charge in [0.1, 0.15) is 0 Å². The standard InChI is InChI=1S/C12H15Cl3N2O/c1-7(6-16)2-3-11(18)17-12-9(14)4-8(13)5-10(12)15/h4-5,7H,2-3,6,16H2,1H3,(H,17,18). The molecule has 18 heavy (non-hydrogen) atoms. The van der Waals surface area contributed by atoms with Gasteiger partial charge in [0.2, 0.25) is 5.91 Å². The monoisotopic (exact) mass is 308 g/mol. The van der Waals surface area contributed by atoms with Crippen LogP contribution < -0.4 is 11.1 Å². The molecule has 3 N–H and O–H groups in total. The van der Waals surface area contributed by atoms with Crippen LogP contribution in [-0.2, 0) is 4.79 Å². The summed E-state index contributed by atoms with van der Waals surface area (Å²) in [7, 11) is 0. The van der Waals surface area contributed by atoms with Crippen LogP contribution in [0.5, 0.6) is 0 Å². The number of carbonyl (C=O) groups excluding carboxylic acids is 1. The molecular formula is C12H15Cl3N2O. The Morgan fingerprint density at radius 1 is 1.33 bits per heavy atom. The Morgan fingerprint density at radius 2 is 1.89 bits per heavy atom. The van der Waals surface area contributed by atoms with Crippen molar-refractivity contribution in [2.45, 2.75) is 19.8 Å². The number of nitrogens with one attached hydrogen (secondary N) is 1. The van der Waals surface area contributed by atoms with Crippen LogP contribution in [-0.4, -0.2) is 12.5 Å². The number of carbonyl (C=O) groups is 1. The summed E-state index contributed by atoms with van der Waals surface area (Å²) < 4.78 is 0. The average Bonchev–Trinajstić information content (AvgIpc) is 2.30. The van der Waals surface area contributed by atoms with Crippen molar-refractivity contribution in [1.82, 2.24) is 0 Å². The number of amides is 1. The van der Waals surface area contributed by atoms with Gasteiger partial charge in [-0.2, -0.15) is 0 Å². The van der Waals surface area contributed by atoms with E-state index in [1.54, 1.807) is 0 Å². The summed E-state index contributed by atoms with van der Waals surface area (Å²) in [5.74, 6) is 0.174. The van der Waals surface area contributed by atoms with E-state index in [4.69, 9.17) is 40.5 Å². The first-order valence-corrected chi connectivity index (χ1v) is 6.72. The third kappa shape index (κ3) is 4.65. The first-order valence-electron chi connectivity index (χ1n) is 5.58. The smallest absolute Gasteiger partial charge is 0.224 e. The summed E-state index contributed by atoms with van der Waals surface area (Å²) in [4.78, 5) is 11.7. The van der Waals surface area contributed by atoms with Gasteiger partial charge >= 0.3 is 0 Å². The van der Waals surface area contributed by atoms with Gasteiger partial charge in [-0.25, -0.2) is 0 Å². The normalized spacial score (nSPS) is 12.3. The van der Waals surface area contributed by atoms with Gasteiger partial charge in [-0.3, -0.25) is 4.79 Å². The number of benzene rings is 1. The van der Waals surface area contributed by atoms with Crippen molar-refractivity contribution in [1.29, 1.82) is 0 Å². The summed E-state index contributed by atoms with van der Waals surface area (Å²) in [6.07, 6.45) is 1.11. The van der Waals surface area contributed by atoms with Gasteiger partial charge in [0.25, 0.3) is 0 Å². The molecule has 0 fully saturated rings. The molecule has 0 bridgehead atoms. The van der Waals surface area contributed by atoms with Crippen molar-refractivity contribution in [3.63, 3.8) is 0 Å². The minimum atomic E-state index is -0.138. The molecule has 6 heteroatoms. The van der Waals surface area contributed by atoms with Gasteiger partial charge in [-0.05, 0) is 31.0 Å². The Kier molecular flexibility index (Phi) is 6.22. The molecule has 0 aromatic heterocycles. The van der Waals surface area contributed by atoms with Gasteiger partial charge in [0.15, 0.2) is 0 Å². The minimum absolute atomic E-state index is 0.138. The number of nitrogens with two attached hydrogens (primary N) is 1. The van der Waals surface area contributed by atoms with Crippen LogP contribution in [0.25, 0.3) is 0 Å². The summed E-state index contributed by atoms with van der Waals surface area (Å²) in [6.45, 7) is 2.56. The van der Waals surface area contributed by atoms with Crippen LogP contribution in [0.1, 0.15) is 19.8 Å². The number of anilines is 1. The molecule has 1 aromatic carbocycles. The summed E-state index contributed by atoms with van der Waals surface area (Å²) in [5, 5.41) is 3.77. The molecule has 1 amide bonds. The van der Waals surface area contributed by atoms with Crippen LogP contribution in [0.3, 0.4) is 0 Å². The Balaban J connectivity index is 2.65. The lowest BCUT2D eigenvalue weighted by molar-refractivity contribution is -0.116. The van der Waals surface area contributed by atoms with E-state index in [2.05, 4.69) is 5.32 Å². The number of halogens is 3. The van der Waals surface area contributed by atoms with Gasteiger partial charge < -0.3 is 11.1 Å². The Morgan fingerprint density at radius 3 is 2.39 bits per heavy atom. The van der Waals surface area contributed by atoms with Crippen LogP contribution in [0.4, 0.5) is 5.69 Å². The molecule has 0 spiro atoms. The molecule has 0 saturated carbocycles. The average molecular weight is 310 g/mol. The molecule has 1 rings (SSSR count). The van der Waals surface area contributed by atoms with Crippen LogP contribution in [0.15, 0.2) is 12.1 Å². The lowest BCUT2D eigenvalue weighted by Crippen LogP contribution is -2.16. The maximum Gasteiger partial charge on any atom is 0.224 e. The fourth-order valence-corrected chi connectivity index (χ4v) is 2.27. The first-order chi connectivity index (χ1) is 8.43. The van der Waals surface area contributed by atoms with E-state index in [0.717, 1.165) is 6.42 Å². The van der Waals surface area contributed by atoms with Gasteiger partial charge in [-0.15, -0.1) is 0 Å². The summed E-state index contributed by atoms with van der Waals surface area (Å²) in [5.41, 5.74) is 5.88. The Hall–Kier alpha value is -0.480.